The second kappa shape index (κ2) is 7.65. The molecule has 0 aliphatic heterocycles. The summed E-state index contributed by atoms with van der Waals surface area (Å²) in [5, 5.41) is 15.3. The largest absolute Gasteiger partial charge is 0.394 e. The van der Waals surface area contributed by atoms with Crippen molar-refractivity contribution in [3.63, 3.8) is 0 Å². The van der Waals surface area contributed by atoms with E-state index in [0.717, 1.165) is 19.4 Å². The first-order valence-electron chi connectivity index (χ1n) is 5.76. The van der Waals surface area contributed by atoms with E-state index in [4.69, 9.17) is 0 Å². The molecule has 0 saturated carbocycles. The van der Waals surface area contributed by atoms with Gasteiger partial charge < -0.3 is 15.7 Å². The van der Waals surface area contributed by atoms with Crippen molar-refractivity contribution in [1.82, 2.24) is 10.6 Å². The van der Waals surface area contributed by atoms with Crippen LogP contribution in [0.25, 0.3) is 0 Å². The van der Waals surface area contributed by atoms with Crippen molar-refractivity contribution >= 4 is 5.91 Å². The van der Waals surface area contributed by atoms with Crippen LogP contribution in [0.4, 0.5) is 0 Å². The number of hydrogen-bond donors (Lipinski definition) is 3. The van der Waals surface area contributed by atoms with E-state index in [-0.39, 0.29) is 12.5 Å². The SMILES string of the molecule is CCNCCC(=O)NC(CC)(CC)CO. The van der Waals surface area contributed by atoms with E-state index in [1.807, 2.05) is 20.8 Å². The Morgan fingerprint density at radius 3 is 2.27 bits per heavy atom. The average molecular weight is 216 g/mol. The quantitative estimate of drug-likeness (QED) is 0.522. The molecule has 0 unspecified atom stereocenters. The fourth-order valence-corrected chi connectivity index (χ4v) is 1.43. The molecule has 0 aromatic rings. The molecule has 0 spiro atoms. The summed E-state index contributed by atoms with van der Waals surface area (Å²) in [7, 11) is 0. The lowest BCUT2D eigenvalue weighted by atomic mass is 9.94. The molecule has 0 aromatic carbocycles. The highest BCUT2D eigenvalue weighted by molar-refractivity contribution is 5.77. The van der Waals surface area contributed by atoms with Crippen molar-refractivity contribution in [2.75, 3.05) is 19.7 Å². The maximum absolute atomic E-state index is 11.5. The van der Waals surface area contributed by atoms with Crippen LogP contribution in [0, 0.1) is 0 Å². The smallest absolute Gasteiger partial charge is 0.221 e. The number of carbonyl (C=O) groups is 1. The van der Waals surface area contributed by atoms with Crippen molar-refractivity contribution in [3.05, 3.63) is 0 Å². The number of carbonyl (C=O) groups excluding carboxylic acids is 1. The minimum Gasteiger partial charge on any atom is -0.394 e. The molecule has 0 heterocycles. The molecule has 1 amide bonds. The van der Waals surface area contributed by atoms with Gasteiger partial charge in [0.25, 0.3) is 0 Å². The number of nitrogens with one attached hydrogen (secondary N) is 2. The van der Waals surface area contributed by atoms with Crippen LogP contribution >= 0.6 is 0 Å². The minimum atomic E-state index is -0.427. The first-order valence-corrected chi connectivity index (χ1v) is 5.76. The third-order valence-electron chi connectivity index (χ3n) is 2.84. The fraction of sp³-hybridized carbons (Fsp3) is 0.909. The summed E-state index contributed by atoms with van der Waals surface area (Å²) < 4.78 is 0. The topological polar surface area (TPSA) is 61.4 Å². The molecule has 0 aromatic heterocycles. The highest BCUT2D eigenvalue weighted by atomic mass is 16.3. The van der Waals surface area contributed by atoms with E-state index in [1.54, 1.807) is 0 Å². The van der Waals surface area contributed by atoms with Gasteiger partial charge in [0.05, 0.1) is 12.1 Å². The zero-order chi connectivity index (χ0) is 11.7. The summed E-state index contributed by atoms with van der Waals surface area (Å²) in [5.41, 5.74) is -0.427. The van der Waals surface area contributed by atoms with Crippen molar-refractivity contribution in [2.45, 2.75) is 45.6 Å². The molecule has 4 nitrogen and oxygen atoms in total. The van der Waals surface area contributed by atoms with Gasteiger partial charge in [0.2, 0.25) is 5.91 Å². The lowest BCUT2D eigenvalue weighted by Gasteiger charge is -2.30. The Kier molecular flexibility index (Phi) is 7.34. The zero-order valence-electron chi connectivity index (χ0n) is 10.1. The average Bonchev–Trinajstić information content (AvgIpc) is 2.26. The Balaban J connectivity index is 4.00. The summed E-state index contributed by atoms with van der Waals surface area (Å²) in [6.07, 6.45) is 1.98. The molecule has 0 aliphatic rings. The summed E-state index contributed by atoms with van der Waals surface area (Å²) >= 11 is 0. The van der Waals surface area contributed by atoms with E-state index in [1.165, 1.54) is 0 Å². The molecule has 4 heteroatoms. The maximum Gasteiger partial charge on any atom is 0.221 e. The monoisotopic (exact) mass is 216 g/mol. The van der Waals surface area contributed by atoms with Crippen LogP contribution in [-0.4, -0.2) is 36.2 Å². The van der Waals surface area contributed by atoms with Crippen molar-refractivity contribution < 1.29 is 9.90 Å². The van der Waals surface area contributed by atoms with Gasteiger partial charge in [-0.15, -0.1) is 0 Å². The van der Waals surface area contributed by atoms with Gasteiger partial charge in [-0.25, -0.2) is 0 Å². The molecular formula is C11H24N2O2. The summed E-state index contributed by atoms with van der Waals surface area (Å²) in [6.45, 7) is 7.53. The van der Waals surface area contributed by atoms with Gasteiger partial charge in [-0.2, -0.15) is 0 Å². The Labute approximate surface area is 92.4 Å². The van der Waals surface area contributed by atoms with Crippen molar-refractivity contribution in [2.24, 2.45) is 0 Å². The van der Waals surface area contributed by atoms with Gasteiger partial charge in [0, 0.05) is 13.0 Å². The van der Waals surface area contributed by atoms with E-state index in [0.29, 0.717) is 13.0 Å². The van der Waals surface area contributed by atoms with E-state index in [2.05, 4.69) is 10.6 Å². The minimum absolute atomic E-state index is 0.00689. The lowest BCUT2D eigenvalue weighted by molar-refractivity contribution is -0.123. The molecule has 15 heavy (non-hydrogen) atoms. The molecule has 0 fully saturated rings. The number of aliphatic hydroxyl groups excluding tert-OH is 1. The molecular weight excluding hydrogens is 192 g/mol. The fourth-order valence-electron chi connectivity index (χ4n) is 1.43. The van der Waals surface area contributed by atoms with Crippen molar-refractivity contribution in [1.29, 1.82) is 0 Å². The molecule has 0 aliphatic carbocycles. The summed E-state index contributed by atoms with van der Waals surface area (Å²) in [5.74, 6) is 0.00806. The Bertz CT molecular complexity index is 171. The molecule has 3 N–H and O–H groups in total. The number of hydrogen-bond acceptors (Lipinski definition) is 3. The number of rotatable bonds is 8. The normalized spacial score (nSPS) is 11.5. The van der Waals surface area contributed by atoms with E-state index in [9.17, 15) is 9.90 Å². The second-order valence-electron chi connectivity index (χ2n) is 3.80. The van der Waals surface area contributed by atoms with Crippen LogP contribution in [0.2, 0.25) is 0 Å². The first kappa shape index (κ1) is 14.4. The van der Waals surface area contributed by atoms with Crippen LogP contribution in [-0.2, 0) is 4.79 Å². The molecule has 0 radical (unpaired) electrons. The molecule has 0 bridgehead atoms. The predicted octanol–water partition coefficient (Wildman–Crippen LogP) is 0.653. The lowest BCUT2D eigenvalue weighted by Crippen LogP contribution is -2.50. The second-order valence-corrected chi connectivity index (χ2v) is 3.80. The predicted molar refractivity (Wildman–Crippen MR) is 61.7 cm³/mol. The Hall–Kier alpha value is -0.610. The number of amides is 1. The van der Waals surface area contributed by atoms with Gasteiger partial charge in [0.15, 0.2) is 0 Å². The van der Waals surface area contributed by atoms with Crippen molar-refractivity contribution in [3.8, 4) is 0 Å². The first-order chi connectivity index (χ1) is 7.14. The van der Waals surface area contributed by atoms with Crippen LogP contribution in [0.1, 0.15) is 40.0 Å². The standard InChI is InChI=1S/C11H24N2O2/c1-4-11(5-2,9-14)13-10(15)7-8-12-6-3/h12,14H,4-9H2,1-3H3,(H,13,15). The zero-order valence-corrected chi connectivity index (χ0v) is 10.1. The van der Waals surface area contributed by atoms with Gasteiger partial charge in [0.1, 0.15) is 0 Å². The highest BCUT2D eigenvalue weighted by Gasteiger charge is 2.26. The van der Waals surface area contributed by atoms with Gasteiger partial charge in [-0.1, -0.05) is 20.8 Å². The van der Waals surface area contributed by atoms with Gasteiger partial charge in [-0.05, 0) is 19.4 Å². The number of aliphatic hydroxyl groups is 1. The van der Waals surface area contributed by atoms with Crippen LogP contribution in [0.15, 0.2) is 0 Å². The Morgan fingerprint density at radius 1 is 1.27 bits per heavy atom. The van der Waals surface area contributed by atoms with Gasteiger partial charge in [-0.3, -0.25) is 4.79 Å². The summed E-state index contributed by atoms with van der Waals surface area (Å²) in [6, 6.07) is 0. The van der Waals surface area contributed by atoms with E-state index < -0.39 is 5.54 Å². The maximum atomic E-state index is 11.5. The van der Waals surface area contributed by atoms with Crippen LogP contribution in [0.3, 0.4) is 0 Å². The molecule has 0 rings (SSSR count). The third kappa shape index (κ3) is 5.14. The highest BCUT2D eigenvalue weighted by Crippen LogP contribution is 2.13. The molecule has 90 valence electrons. The van der Waals surface area contributed by atoms with Gasteiger partial charge >= 0.3 is 0 Å². The third-order valence-corrected chi connectivity index (χ3v) is 2.84. The molecule has 0 saturated heterocycles. The van der Waals surface area contributed by atoms with Crippen LogP contribution < -0.4 is 10.6 Å². The van der Waals surface area contributed by atoms with Crippen LogP contribution in [0.5, 0.6) is 0 Å². The van der Waals surface area contributed by atoms with E-state index >= 15 is 0 Å². The summed E-state index contributed by atoms with van der Waals surface area (Å²) in [4.78, 5) is 11.5. The molecule has 0 atom stereocenters. The Morgan fingerprint density at radius 2 is 1.87 bits per heavy atom.